The molecule has 15 heavy (non-hydrogen) atoms. The largest absolute Gasteiger partial charge is 0.384 e. The van der Waals surface area contributed by atoms with E-state index >= 15 is 0 Å². The number of nitrogens with zero attached hydrogens (tertiary/aromatic N) is 2. The van der Waals surface area contributed by atoms with E-state index in [-0.39, 0.29) is 0 Å². The summed E-state index contributed by atoms with van der Waals surface area (Å²) in [4.78, 5) is 8.29. The first-order chi connectivity index (χ1) is 7.34. The zero-order chi connectivity index (χ0) is 10.5. The molecule has 0 saturated heterocycles. The summed E-state index contributed by atoms with van der Waals surface area (Å²) in [5.41, 5.74) is 5.57. The van der Waals surface area contributed by atoms with Crippen molar-refractivity contribution in [3.05, 3.63) is 18.1 Å². The summed E-state index contributed by atoms with van der Waals surface area (Å²) in [6.45, 7) is 1.81. The van der Waals surface area contributed by atoms with Crippen molar-refractivity contribution in [3.8, 4) is 0 Å². The van der Waals surface area contributed by atoms with Crippen molar-refractivity contribution < 1.29 is 0 Å². The van der Waals surface area contributed by atoms with Crippen molar-refractivity contribution in [1.82, 2.24) is 15.3 Å². The van der Waals surface area contributed by atoms with Gasteiger partial charge in [-0.2, -0.15) is 0 Å². The van der Waals surface area contributed by atoms with Crippen LogP contribution in [0, 0.1) is 5.92 Å². The predicted molar refractivity (Wildman–Crippen MR) is 60.1 cm³/mol. The molecule has 0 radical (unpaired) electrons. The van der Waals surface area contributed by atoms with E-state index in [1.807, 2.05) is 0 Å². The predicted octanol–water partition coefficient (Wildman–Crippen LogP) is 1.34. The van der Waals surface area contributed by atoms with Gasteiger partial charge in [0.2, 0.25) is 0 Å². The second-order valence-corrected chi connectivity index (χ2v) is 4.18. The van der Waals surface area contributed by atoms with Crippen LogP contribution in [-0.2, 0) is 6.54 Å². The number of hydrogen-bond acceptors (Lipinski definition) is 4. The van der Waals surface area contributed by atoms with Crippen LogP contribution in [-0.4, -0.2) is 16.5 Å². The van der Waals surface area contributed by atoms with Gasteiger partial charge in [0.05, 0.1) is 6.54 Å². The first kappa shape index (κ1) is 10.4. The standard InChI is InChI=1S/C11H18N4/c12-10-5-6-14-11(15-10)8-13-7-9-3-1-2-4-9/h5-6,9,13H,1-4,7-8H2,(H2,12,14,15). The Hall–Kier alpha value is -1.16. The molecule has 1 aromatic heterocycles. The Labute approximate surface area is 90.3 Å². The van der Waals surface area contributed by atoms with Crippen LogP contribution >= 0.6 is 0 Å². The van der Waals surface area contributed by atoms with Crippen molar-refractivity contribution in [2.24, 2.45) is 5.92 Å². The summed E-state index contributed by atoms with van der Waals surface area (Å²) < 4.78 is 0. The monoisotopic (exact) mass is 206 g/mol. The maximum Gasteiger partial charge on any atom is 0.144 e. The third-order valence-electron chi connectivity index (χ3n) is 2.92. The molecule has 4 nitrogen and oxygen atoms in total. The molecular formula is C11H18N4. The van der Waals surface area contributed by atoms with Gasteiger partial charge in [0.15, 0.2) is 0 Å². The molecule has 0 aliphatic heterocycles. The summed E-state index contributed by atoms with van der Waals surface area (Å²) in [5.74, 6) is 2.18. The molecule has 0 aromatic carbocycles. The molecule has 1 saturated carbocycles. The number of nitrogen functional groups attached to an aromatic ring is 1. The molecule has 0 spiro atoms. The zero-order valence-corrected chi connectivity index (χ0v) is 8.95. The molecule has 4 heteroatoms. The van der Waals surface area contributed by atoms with Crippen LogP contribution < -0.4 is 11.1 Å². The van der Waals surface area contributed by atoms with Gasteiger partial charge in [0, 0.05) is 6.20 Å². The van der Waals surface area contributed by atoms with Gasteiger partial charge in [0.1, 0.15) is 11.6 Å². The van der Waals surface area contributed by atoms with Crippen LogP contribution in [0.2, 0.25) is 0 Å². The van der Waals surface area contributed by atoms with E-state index in [0.29, 0.717) is 5.82 Å². The van der Waals surface area contributed by atoms with Crippen molar-refractivity contribution in [2.45, 2.75) is 32.2 Å². The molecular weight excluding hydrogens is 188 g/mol. The highest BCUT2D eigenvalue weighted by Crippen LogP contribution is 2.23. The molecule has 1 aliphatic carbocycles. The maximum atomic E-state index is 5.57. The minimum Gasteiger partial charge on any atom is -0.384 e. The highest BCUT2D eigenvalue weighted by molar-refractivity contribution is 5.24. The van der Waals surface area contributed by atoms with Gasteiger partial charge in [-0.05, 0) is 31.4 Å². The summed E-state index contributed by atoms with van der Waals surface area (Å²) in [7, 11) is 0. The molecule has 1 heterocycles. The molecule has 0 atom stereocenters. The van der Waals surface area contributed by atoms with Crippen LogP contribution in [0.25, 0.3) is 0 Å². The van der Waals surface area contributed by atoms with Crippen LogP contribution in [0.3, 0.4) is 0 Å². The Morgan fingerprint density at radius 2 is 2.20 bits per heavy atom. The molecule has 1 aliphatic rings. The molecule has 0 unspecified atom stereocenters. The molecule has 1 aromatic rings. The quantitative estimate of drug-likeness (QED) is 0.780. The minimum absolute atomic E-state index is 0.544. The van der Waals surface area contributed by atoms with Crippen LogP contribution in [0.15, 0.2) is 12.3 Å². The smallest absolute Gasteiger partial charge is 0.144 e. The fraction of sp³-hybridized carbons (Fsp3) is 0.636. The van der Waals surface area contributed by atoms with Crippen LogP contribution in [0.4, 0.5) is 5.82 Å². The van der Waals surface area contributed by atoms with Crippen LogP contribution in [0.1, 0.15) is 31.5 Å². The SMILES string of the molecule is Nc1ccnc(CNCC2CCCC2)n1. The van der Waals surface area contributed by atoms with Crippen molar-refractivity contribution in [2.75, 3.05) is 12.3 Å². The van der Waals surface area contributed by atoms with Crippen molar-refractivity contribution in [3.63, 3.8) is 0 Å². The fourth-order valence-corrected chi connectivity index (χ4v) is 2.10. The first-order valence-electron chi connectivity index (χ1n) is 5.63. The minimum atomic E-state index is 0.544. The summed E-state index contributed by atoms with van der Waals surface area (Å²) in [6.07, 6.45) is 7.22. The molecule has 0 bridgehead atoms. The van der Waals surface area contributed by atoms with Gasteiger partial charge in [-0.3, -0.25) is 0 Å². The van der Waals surface area contributed by atoms with Crippen molar-refractivity contribution in [1.29, 1.82) is 0 Å². The molecule has 2 rings (SSSR count). The van der Waals surface area contributed by atoms with Gasteiger partial charge < -0.3 is 11.1 Å². The van der Waals surface area contributed by atoms with E-state index in [1.165, 1.54) is 25.7 Å². The Morgan fingerprint density at radius 3 is 2.93 bits per heavy atom. The van der Waals surface area contributed by atoms with E-state index < -0.39 is 0 Å². The molecule has 82 valence electrons. The third kappa shape index (κ3) is 3.16. The Balaban J connectivity index is 1.73. The molecule has 0 amide bonds. The topological polar surface area (TPSA) is 63.8 Å². The number of nitrogens with one attached hydrogen (secondary N) is 1. The van der Waals surface area contributed by atoms with E-state index in [1.54, 1.807) is 12.3 Å². The number of hydrogen-bond donors (Lipinski definition) is 2. The summed E-state index contributed by atoms with van der Waals surface area (Å²) >= 11 is 0. The van der Waals surface area contributed by atoms with E-state index in [9.17, 15) is 0 Å². The lowest BCUT2D eigenvalue weighted by atomic mass is 10.1. The second-order valence-electron chi connectivity index (χ2n) is 4.18. The molecule has 3 N–H and O–H groups in total. The lowest BCUT2D eigenvalue weighted by Gasteiger charge is -2.09. The Bertz CT molecular complexity index is 307. The van der Waals surface area contributed by atoms with Gasteiger partial charge in [0.25, 0.3) is 0 Å². The average molecular weight is 206 g/mol. The Morgan fingerprint density at radius 1 is 1.40 bits per heavy atom. The van der Waals surface area contributed by atoms with Gasteiger partial charge in [-0.25, -0.2) is 9.97 Å². The highest BCUT2D eigenvalue weighted by Gasteiger charge is 2.14. The fourth-order valence-electron chi connectivity index (χ4n) is 2.10. The lowest BCUT2D eigenvalue weighted by molar-refractivity contribution is 0.484. The Kier molecular flexibility index (Phi) is 3.50. The van der Waals surface area contributed by atoms with Crippen LogP contribution in [0.5, 0.6) is 0 Å². The van der Waals surface area contributed by atoms with E-state index in [0.717, 1.165) is 24.8 Å². The number of aromatic nitrogens is 2. The maximum absolute atomic E-state index is 5.57. The summed E-state index contributed by atoms with van der Waals surface area (Å²) in [6, 6.07) is 1.71. The lowest BCUT2D eigenvalue weighted by Crippen LogP contribution is -2.22. The second kappa shape index (κ2) is 5.07. The average Bonchev–Trinajstić information content (AvgIpc) is 2.71. The highest BCUT2D eigenvalue weighted by atomic mass is 15.0. The number of rotatable bonds is 4. The van der Waals surface area contributed by atoms with Gasteiger partial charge >= 0.3 is 0 Å². The van der Waals surface area contributed by atoms with Gasteiger partial charge in [-0.1, -0.05) is 12.8 Å². The van der Waals surface area contributed by atoms with E-state index in [4.69, 9.17) is 5.73 Å². The first-order valence-corrected chi connectivity index (χ1v) is 5.63. The zero-order valence-electron chi connectivity index (χ0n) is 8.95. The van der Waals surface area contributed by atoms with Gasteiger partial charge in [-0.15, -0.1) is 0 Å². The summed E-state index contributed by atoms with van der Waals surface area (Å²) in [5, 5.41) is 3.39. The van der Waals surface area contributed by atoms with Crippen molar-refractivity contribution >= 4 is 5.82 Å². The van der Waals surface area contributed by atoms with E-state index in [2.05, 4.69) is 15.3 Å². The molecule has 1 fully saturated rings. The number of nitrogens with two attached hydrogens (primary N) is 1. The normalized spacial score (nSPS) is 17.1. The third-order valence-corrected chi connectivity index (χ3v) is 2.92. The number of anilines is 1.